The van der Waals surface area contributed by atoms with Crippen LogP contribution in [0.15, 0.2) is 65.3 Å². The summed E-state index contributed by atoms with van der Waals surface area (Å²) < 4.78 is 11.4. The lowest BCUT2D eigenvalue weighted by Gasteiger charge is -2.10. The van der Waals surface area contributed by atoms with E-state index in [0.717, 1.165) is 56.0 Å². The number of methoxy groups -OCH3 is 1. The molecule has 0 aliphatic rings. The van der Waals surface area contributed by atoms with Crippen molar-refractivity contribution < 1.29 is 9.15 Å². The van der Waals surface area contributed by atoms with E-state index in [1.165, 1.54) is 0 Å². The number of nitrogens with zero attached hydrogens (tertiary/aromatic N) is 2. The minimum atomic E-state index is 0.732. The van der Waals surface area contributed by atoms with Gasteiger partial charge in [-0.15, -0.1) is 0 Å². The molecular weight excluding hydrogens is 352 g/mol. The van der Waals surface area contributed by atoms with Gasteiger partial charge in [0.2, 0.25) is 0 Å². The number of nitrogens with one attached hydrogen (secondary N) is 2. The molecule has 0 atom stereocenters. The molecule has 6 heteroatoms. The summed E-state index contributed by atoms with van der Waals surface area (Å²) in [5, 5.41) is 12.6. The van der Waals surface area contributed by atoms with Gasteiger partial charge in [0, 0.05) is 22.0 Å². The molecule has 5 rings (SSSR count). The van der Waals surface area contributed by atoms with Crippen LogP contribution >= 0.6 is 0 Å². The van der Waals surface area contributed by atoms with Gasteiger partial charge in [0.05, 0.1) is 36.4 Å². The number of H-pyrrole nitrogens is 1. The summed E-state index contributed by atoms with van der Waals surface area (Å²) in [5.74, 6) is 1.56. The first-order valence-electron chi connectivity index (χ1n) is 8.95. The van der Waals surface area contributed by atoms with E-state index in [1.54, 1.807) is 13.3 Å². The molecule has 0 unspecified atom stereocenters. The van der Waals surface area contributed by atoms with Gasteiger partial charge in [0.25, 0.3) is 0 Å². The molecule has 0 saturated heterocycles. The second-order valence-corrected chi connectivity index (χ2v) is 6.64. The van der Waals surface area contributed by atoms with E-state index in [4.69, 9.17) is 9.15 Å². The number of hydrogen-bond donors (Lipinski definition) is 2. The van der Waals surface area contributed by atoms with Crippen molar-refractivity contribution >= 4 is 33.2 Å². The van der Waals surface area contributed by atoms with E-state index in [9.17, 15) is 0 Å². The SMILES string of the molecule is COc1cccc(-c2cc3c(Nc4ccc5[nH]ncc5c4)c(C)ncc3o2)c1. The average Bonchev–Trinajstić information content (AvgIpc) is 3.37. The Hall–Kier alpha value is -3.80. The van der Waals surface area contributed by atoms with Crippen LogP contribution in [0, 0.1) is 6.92 Å². The van der Waals surface area contributed by atoms with Crippen LogP contribution in [0.2, 0.25) is 0 Å². The Kier molecular flexibility index (Phi) is 3.76. The van der Waals surface area contributed by atoms with Crippen LogP contribution in [-0.4, -0.2) is 22.3 Å². The molecule has 0 spiro atoms. The second-order valence-electron chi connectivity index (χ2n) is 6.64. The van der Waals surface area contributed by atoms with E-state index in [2.05, 4.69) is 26.6 Å². The van der Waals surface area contributed by atoms with Gasteiger partial charge >= 0.3 is 0 Å². The molecule has 3 heterocycles. The molecule has 28 heavy (non-hydrogen) atoms. The number of ether oxygens (including phenoxy) is 1. The van der Waals surface area contributed by atoms with Gasteiger partial charge in [0.15, 0.2) is 5.58 Å². The number of anilines is 2. The van der Waals surface area contributed by atoms with Gasteiger partial charge in [0.1, 0.15) is 11.5 Å². The lowest BCUT2D eigenvalue weighted by atomic mass is 10.1. The fraction of sp³-hybridized carbons (Fsp3) is 0.0909. The maximum atomic E-state index is 6.07. The first kappa shape index (κ1) is 16.4. The van der Waals surface area contributed by atoms with Crippen LogP contribution in [0.1, 0.15) is 5.69 Å². The third-order valence-corrected chi connectivity index (χ3v) is 4.83. The zero-order chi connectivity index (χ0) is 19.1. The van der Waals surface area contributed by atoms with Crippen molar-refractivity contribution in [3.63, 3.8) is 0 Å². The highest BCUT2D eigenvalue weighted by Gasteiger charge is 2.14. The van der Waals surface area contributed by atoms with Gasteiger partial charge in [-0.1, -0.05) is 12.1 Å². The summed E-state index contributed by atoms with van der Waals surface area (Å²) in [5.41, 5.74) is 5.49. The molecule has 0 aliphatic heterocycles. The van der Waals surface area contributed by atoms with Crippen LogP contribution in [0.25, 0.3) is 33.2 Å². The number of fused-ring (bicyclic) bond motifs is 2. The van der Waals surface area contributed by atoms with Gasteiger partial charge in [-0.25, -0.2) is 0 Å². The standard InChI is InChI=1S/C22H18N4O2/c1-13-22(25-16-6-7-19-15(8-16)11-24-26-19)18-10-20(28-21(18)12-23-13)14-4-3-5-17(9-14)27-2/h3-12,25H,1-2H3,(H,24,26). The molecule has 0 amide bonds. The van der Waals surface area contributed by atoms with Crippen LogP contribution < -0.4 is 10.1 Å². The Morgan fingerprint density at radius 2 is 2.00 bits per heavy atom. The molecule has 2 aromatic carbocycles. The van der Waals surface area contributed by atoms with E-state index in [-0.39, 0.29) is 0 Å². The molecule has 0 radical (unpaired) electrons. The summed E-state index contributed by atoms with van der Waals surface area (Å²) in [6.45, 7) is 1.98. The zero-order valence-electron chi connectivity index (χ0n) is 15.5. The molecule has 0 aliphatic carbocycles. The summed E-state index contributed by atoms with van der Waals surface area (Å²) in [6.07, 6.45) is 3.57. The molecule has 5 aromatic rings. The number of pyridine rings is 1. The van der Waals surface area contributed by atoms with Crippen molar-refractivity contribution in [2.45, 2.75) is 6.92 Å². The molecule has 0 saturated carbocycles. The Morgan fingerprint density at radius 1 is 1.07 bits per heavy atom. The third kappa shape index (κ3) is 2.75. The van der Waals surface area contributed by atoms with Crippen molar-refractivity contribution in [3.05, 3.63) is 66.6 Å². The highest BCUT2D eigenvalue weighted by molar-refractivity contribution is 5.96. The van der Waals surface area contributed by atoms with Crippen LogP contribution in [0.5, 0.6) is 5.75 Å². The number of aryl methyl sites for hydroxylation is 1. The summed E-state index contributed by atoms with van der Waals surface area (Å²) in [7, 11) is 1.66. The minimum Gasteiger partial charge on any atom is -0.497 e. The fourth-order valence-electron chi connectivity index (χ4n) is 3.35. The maximum Gasteiger partial charge on any atom is 0.155 e. The topological polar surface area (TPSA) is 76.0 Å². The normalized spacial score (nSPS) is 11.2. The van der Waals surface area contributed by atoms with Crippen molar-refractivity contribution in [3.8, 4) is 17.1 Å². The van der Waals surface area contributed by atoms with Gasteiger partial charge in [-0.3, -0.25) is 10.1 Å². The van der Waals surface area contributed by atoms with Crippen LogP contribution in [0.4, 0.5) is 11.4 Å². The van der Waals surface area contributed by atoms with Crippen molar-refractivity contribution in [1.29, 1.82) is 0 Å². The molecule has 0 fully saturated rings. The number of benzene rings is 2. The quantitative estimate of drug-likeness (QED) is 0.441. The third-order valence-electron chi connectivity index (χ3n) is 4.83. The Labute approximate surface area is 161 Å². The lowest BCUT2D eigenvalue weighted by Crippen LogP contribution is -1.95. The minimum absolute atomic E-state index is 0.732. The highest BCUT2D eigenvalue weighted by Crippen LogP contribution is 2.35. The predicted molar refractivity (Wildman–Crippen MR) is 110 cm³/mol. The number of aromatic nitrogens is 3. The summed E-state index contributed by atoms with van der Waals surface area (Å²) in [6, 6.07) is 15.9. The summed E-state index contributed by atoms with van der Waals surface area (Å²) >= 11 is 0. The Bertz CT molecular complexity index is 1300. The van der Waals surface area contributed by atoms with Gasteiger partial charge in [-0.2, -0.15) is 5.10 Å². The monoisotopic (exact) mass is 370 g/mol. The van der Waals surface area contributed by atoms with Crippen LogP contribution in [-0.2, 0) is 0 Å². The van der Waals surface area contributed by atoms with Crippen LogP contribution in [0.3, 0.4) is 0 Å². The van der Waals surface area contributed by atoms with E-state index in [0.29, 0.717) is 0 Å². The molecular formula is C22H18N4O2. The number of rotatable bonds is 4. The van der Waals surface area contributed by atoms with Crippen molar-refractivity contribution in [1.82, 2.24) is 15.2 Å². The first-order valence-corrected chi connectivity index (χ1v) is 8.95. The Morgan fingerprint density at radius 3 is 2.89 bits per heavy atom. The highest BCUT2D eigenvalue weighted by atomic mass is 16.5. The van der Waals surface area contributed by atoms with E-state index < -0.39 is 0 Å². The van der Waals surface area contributed by atoms with Crippen molar-refractivity contribution in [2.75, 3.05) is 12.4 Å². The fourth-order valence-corrected chi connectivity index (χ4v) is 3.35. The summed E-state index contributed by atoms with van der Waals surface area (Å²) in [4.78, 5) is 4.50. The number of furan rings is 1. The molecule has 2 N–H and O–H groups in total. The predicted octanol–water partition coefficient (Wildman–Crippen LogP) is 5.43. The number of hydrogen-bond acceptors (Lipinski definition) is 5. The second kappa shape index (κ2) is 6.42. The first-order chi connectivity index (χ1) is 13.7. The largest absolute Gasteiger partial charge is 0.497 e. The smallest absolute Gasteiger partial charge is 0.155 e. The average molecular weight is 370 g/mol. The van der Waals surface area contributed by atoms with Gasteiger partial charge in [-0.05, 0) is 43.3 Å². The molecule has 138 valence electrons. The maximum absolute atomic E-state index is 6.07. The zero-order valence-corrected chi connectivity index (χ0v) is 15.5. The molecule has 0 bridgehead atoms. The van der Waals surface area contributed by atoms with E-state index >= 15 is 0 Å². The lowest BCUT2D eigenvalue weighted by molar-refractivity contribution is 0.415. The Balaban J connectivity index is 1.59. The molecule has 6 nitrogen and oxygen atoms in total. The van der Waals surface area contributed by atoms with Crippen molar-refractivity contribution in [2.24, 2.45) is 0 Å². The molecule has 3 aromatic heterocycles. The number of aromatic amines is 1. The van der Waals surface area contributed by atoms with E-state index in [1.807, 2.05) is 55.6 Å². The van der Waals surface area contributed by atoms with Gasteiger partial charge < -0.3 is 14.5 Å².